The molecule has 0 amide bonds. The summed E-state index contributed by atoms with van der Waals surface area (Å²) in [5.74, 6) is -0.134. The van der Waals surface area contributed by atoms with E-state index in [1.54, 1.807) is 6.07 Å². The summed E-state index contributed by atoms with van der Waals surface area (Å²) in [6.07, 6.45) is 0.695. The molecule has 0 fully saturated rings. The quantitative estimate of drug-likeness (QED) is 0.809. The van der Waals surface area contributed by atoms with Crippen LogP contribution in [0.15, 0.2) is 48.5 Å². The third-order valence-corrected chi connectivity index (χ3v) is 3.02. The van der Waals surface area contributed by atoms with Gasteiger partial charge in [-0.15, -0.1) is 0 Å². The van der Waals surface area contributed by atoms with Crippen molar-refractivity contribution in [1.82, 2.24) is 5.32 Å². The van der Waals surface area contributed by atoms with Crippen LogP contribution in [0.3, 0.4) is 0 Å². The highest BCUT2D eigenvalue weighted by Crippen LogP contribution is 2.09. The molecule has 0 aromatic heterocycles. The van der Waals surface area contributed by atoms with Crippen molar-refractivity contribution in [3.05, 3.63) is 70.5 Å². The average Bonchev–Trinajstić information content (AvgIpc) is 2.39. The first-order valence-corrected chi connectivity index (χ1v) is 6.32. The van der Waals surface area contributed by atoms with E-state index in [1.165, 1.54) is 11.6 Å². The summed E-state index contributed by atoms with van der Waals surface area (Å²) in [5.41, 5.74) is 1.93. The van der Waals surface area contributed by atoms with Crippen LogP contribution in [0.4, 0.5) is 4.39 Å². The van der Waals surface area contributed by atoms with E-state index in [-0.39, 0.29) is 5.82 Å². The Morgan fingerprint density at radius 1 is 1.00 bits per heavy atom. The first-order valence-electron chi connectivity index (χ1n) is 5.94. The van der Waals surface area contributed by atoms with Gasteiger partial charge in [0, 0.05) is 11.6 Å². The zero-order valence-electron chi connectivity index (χ0n) is 10.00. The highest BCUT2D eigenvalue weighted by atomic mass is 35.5. The number of halogens is 2. The molecule has 0 saturated carbocycles. The third kappa shape index (κ3) is 3.83. The fourth-order valence-corrected chi connectivity index (χ4v) is 1.89. The van der Waals surface area contributed by atoms with Crippen LogP contribution >= 0.6 is 11.6 Å². The summed E-state index contributed by atoms with van der Waals surface area (Å²) < 4.78 is 13.3. The lowest BCUT2D eigenvalue weighted by molar-refractivity contribution is 0.598. The molecule has 2 aromatic rings. The zero-order chi connectivity index (χ0) is 12.8. The van der Waals surface area contributed by atoms with Crippen LogP contribution in [0.5, 0.6) is 0 Å². The monoisotopic (exact) mass is 263 g/mol. The Morgan fingerprint density at radius 3 is 2.44 bits per heavy atom. The first-order chi connectivity index (χ1) is 8.75. The summed E-state index contributed by atoms with van der Waals surface area (Å²) in [7, 11) is 0. The topological polar surface area (TPSA) is 12.0 Å². The molecule has 0 heterocycles. The van der Waals surface area contributed by atoms with Crippen LogP contribution in [0.1, 0.15) is 11.1 Å². The van der Waals surface area contributed by atoms with E-state index < -0.39 is 0 Å². The highest BCUT2D eigenvalue weighted by Gasteiger charge is 1.99. The molecule has 1 N–H and O–H groups in total. The van der Waals surface area contributed by atoms with Crippen molar-refractivity contribution in [2.75, 3.05) is 6.54 Å². The van der Waals surface area contributed by atoms with Crippen molar-refractivity contribution in [2.45, 2.75) is 13.0 Å². The second-order valence-electron chi connectivity index (χ2n) is 4.14. The number of hydrogen-bond donors (Lipinski definition) is 1. The Labute approximate surface area is 112 Å². The maximum absolute atomic E-state index is 13.3. The lowest BCUT2D eigenvalue weighted by Gasteiger charge is -2.06. The lowest BCUT2D eigenvalue weighted by Crippen LogP contribution is -2.17. The molecule has 0 radical (unpaired) electrons. The van der Waals surface area contributed by atoms with Crippen molar-refractivity contribution in [1.29, 1.82) is 0 Å². The Balaban J connectivity index is 1.76. The molecule has 0 aliphatic rings. The van der Waals surface area contributed by atoms with E-state index in [9.17, 15) is 4.39 Å². The van der Waals surface area contributed by atoms with Crippen LogP contribution in [-0.2, 0) is 13.0 Å². The summed E-state index contributed by atoms with van der Waals surface area (Å²) in [6, 6.07) is 14.6. The SMILES string of the molecule is Fc1ccccc1CCNCc1ccc(Cl)cc1. The molecular formula is C15H15ClFN. The second kappa shape index (κ2) is 6.53. The molecule has 2 rings (SSSR count). The molecule has 0 spiro atoms. The number of hydrogen-bond acceptors (Lipinski definition) is 1. The fourth-order valence-electron chi connectivity index (χ4n) is 1.76. The first kappa shape index (κ1) is 13.1. The van der Waals surface area contributed by atoms with Crippen LogP contribution in [0.2, 0.25) is 5.02 Å². The van der Waals surface area contributed by atoms with Gasteiger partial charge in [0.15, 0.2) is 0 Å². The van der Waals surface area contributed by atoms with Crippen molar-refractivity contribution in [2.24, 2.45) is 0 Å². The van der Waals surface area contributed by atoms with Crippen molar-refractivity contribution >= 4 is 11.6 Å². The summed E-state index contributed by atoms with van der Waals surface area (Å²) in [4.78, 5) is 0. The third-order valence-electron chi connectivity index (χ3n) is 2.77. The zero-order valence-corrected chi connectivity index (χ0v) is 10.8. The van der Waals surface area contributed by atoms with E-state index in [4.69, 9.17) is 11.6 Å². The molecule has 0 aliphatic carbocycles. The van der Waals surface area contributed by atoms with Crippen molar-refractivity contribution in [3.8, 4) is 0 Å². The highest BCUT2D eigenvalue weighted by molar-refractivity contribution is 6.30. The van der Waals surface area contributed by atoms with Crippen LogP contribution < -0.4 is 5.32 Å². The van der Waals surface area contributed by atoms with Gasteiger partial charge < -0.3 is 5.32 Å². The smallest absolute Gasteiger partial charge is 0.126 e. The Morgan fingerprint density at radius 2 is 1.72 bits per heavy atom. The minimum absolute atomic E-state index is 0.134. The van der Waals surface area contributed by atoms with Gasteiger partial charge >= 0.3 is 0 Å². The molecule has 0 unspecified atom stereocenters. The molecular weight excluding hydrogens is 249 g/mol. The van der Waals surface area contributed by atoms with E-state index in [2.05, 4.69) is 5.32 Å². The van der Waals surface area contributed by atoms with Crippen molar-refractivity contribution in [3.63, 3.8) is 0 Å². The number of rotatable bonds is 5. The van der Waals surface area contributed by atoms with Gasteiger partial charge in [-0.25, -0.2) is 4.39 Å². The van der Waals surface area contributed by atoms with E-state index >= 15 is 0 Å². The summed E-state index contributed by atoms with van der Waals surface area (Å²) in [5, 5.41) is 4.03. The molecule has 0 bridgehead atoms. The minimum atomic E-state index is -0.134. The van der Waals surface area contributed by atoms with Gasteiger partial charge in [0.25, 0.3) is 0 Å². The molecule has 18 heavy (non-hydrogen) atoms. The molecule has 0 saturated heterocycles. The normalized spacial score (nSPS) is 10.6. The van der Waals surface area contributed by atoms with Crippen molar-refractivity contribution < 1.29 is 4.39 Å². The van der Waals surface area contributed by atoms with Gasteiger partial charge in [-0.2, -0.15) is 0 Å². The van der Waals surface area contributed by atoms with Gasteiger partial charge in [-0.1, -0.05) is 41.9 Å². The van der Waals surface area contributed by atoms with Gasteiger partial charge in [0.2, 0.25) is 0 Å². The molecule has 2 aromatic carbocycles. The maximum Gasteiger partial charge on any atom is 0.126 e. The fraction of sp³-hybridized carbons (Fsp3) is 0.200. The number of benzene rings is 2. The molecule has 94 valence electrons. The molecule has 0 aliphatic heterocycles. The van der Waals surface area contributed by atoms with Crippen LogP contribution in [0.25, 0.3) is 0 Å². The van der Waals surface area contributed by atoms with Gasteiger partial charge in [-0.3, -0.25) is 0 Å². The minimum Gasteiger partial charge on any atom is -0.312 e. The predicted octanol–water partition coefficient (Wildman–Crippen LogP) is 3.81. The van der Waals surface area contributed by atoms with Gasteiger partial charge in [-0.05, 0) is 42.3 Å². The number of nitrogens with one attached hydrogen (secondary N) is 1. The Hall–Kier alpha value is -1.38. The van der Waals surface area contributed by atoms with E-state index in [1.807, 2.05) is 36.4 Å². The maximum atomic E-state index is 13.3. The Kier molecular flexibility index (Phi) is 4.73. The Bertz CT molecular complexity index is 496. The summed E-state index contributed by atoms with van der Waals surface area (Å²) >= 11 is 5.81. The molecule has 3 heteroatoms. The van der Waals surface area contributed by atoms with E-state index in [0.29, 0.717) is 6.42 Å². The molecule has 0 atom stereocenters. The van der Waals surface area contributed by atoms with Gasteiger partial charge in [0.05, 0.1) is 0 Å². The second-order valence-corrected chi connectivity index (χ2v) is 4.58. The molecule has 1 nitrogen and oxygen atoms in total. The van der Waals surface area contributed by atoms with Crippen LogP contribution in [-0.4, -0.2) is 6.54 Å². The predicted molar refractivity (Wildman–Crippen MR) is 73.3 cm³/mol. The van der Waals surface area contributed by atoms with Crippen LogP contribution in [0, 0.1) is 5.82 Å². The standard InChI is InChI=1S/C15H15ClFN/c16-14-7-5-12(6-8-14)11-18-10-9-13-3-1-2-4-15(13)17/h1-8,18H,9-11H2. The largest absolute Gasteiger partial charge is 0.312 e. The average molecular weight is 264 g/mol. The summed E-state index contributed by atoms with van der Waals surface area (Å²) in [6.45, 7) is 1.52. The lowest BCUT2D eigenvalue weighted by atomic mass is 10.1. The van der Waals surface area contributed by atoms with Gasteiger partial charge in [0.1, 0.15) is 5.82 Å². The van der Waals surface area contributed by atoms with E-state index in [0.717, 1.165) is 23.7 Å².